The number of hydrogen-bond donors (Lipinski definition) is 1. The number of fused-ring (bicyclic) bond motifs is 2. The molecule has 0 fully saturated rings. The van der Waals surface area contributed by atoms with Crippen molar-refractivity contribution in [1.29, 1.82) is 0 Å². The third-order valence-corrected chi connectivity index (χ3v) is 5.78. The number of thiophene rings is 1. The molecule has 0 aromatic carbocycles. The first kappa shape index (κ1) is 15.4. The van der Waals surface area contributed by atoms with E-state index < -0.39 is 0 Å². The molecule has 5 heteroatoms. The number of aromatic nitrogens is 2. The average molecular weight is 339 g/mol. The molecule has 0 saturated carbocycles. The van der Waals surface area contributed by atoms with Gasteiger partial charge in [-0.3, -0.25) is 4.79 Å². The van der Waals surface area contributed by atoms with Crippen LogP contribution in [0.3, 0.4) is 0 Å². The molecule has 1 unspecified atom stereocenters. The van der Waals surface area contributed by atoms with Crippen molar-refractivity contribution >= 4 is 22.9 Å². The number of nitrogens with zero attached hydrogens (tertiary/aromatic N) is 2. The van der Waals surface area contributed by atoms with Gasteiger partial charge in [0.15, 0.2) is 0 Å². The Hall–Kier alpha value is -2.14. The number of rotatable bonds is 4. The van der Waals surface area contributed by atoms with E-state index in [9.17, 15) is 4.79 Å². The minimum atomic E-state index is 0.0609. The Morgan fingerprint density at radius 2 is 2.38 bits per heavy atom. The molecule has 3 heterocycles. The summed E-state index contributed by atoms with van der Waals surface area (Å²) in [5.74, 6) is 0.799. The highest BCUT2D eigenvalue weighted by Crippen LogP contribution is 2.32. The summed E-state index contributed by atoms with van der Waals surface area (Å²) in [6.45, 7) is 2.90. The van der Waals surface area contributed by atoms with E-state index in [1.807, 2.05) is 40.4 Å². The topological polar surface area (TPSA) is 46.4 Å². The van der Waals surface area contributed by atoms with Gasteiger partial charge in [-0.15, -0.1) is 11.3 Å². The van der Waals surface area contributed by atoms with Crippen molar-refractivity contribution in [3.05, 3.63) is 57.7 Å². The van der Waals surface area contributed by atoms with Crippen LogP contribution < -0.4 is 5.32 Å². The largest absolute Gasteiger partial charge is 0.352 e. The third-order valence-electron chi connectivity index (χ3n) is 4.73. The van der Waals surface area contributed by atoms with Gasteiger partial charge in [-0.25, -0.2) is 4.98 Å². The van der Waals surface area contributed by atoms with Gasteiger partial charge in [0.25, 0.3) is 5.91 Å². The molecule has 124 valence electrons. The van der Waals surface area contributed by atoms with E-state index in [4.69, 9.17) is 0 Å². The van der Waals surface area contributed by atoms with Gasteiger partial charge in [-0.05, 0) is 42.9 Å². The smallest absolute Gasteiger partial charge is 0.252 e. The molecule has 0 radical (unpaired) electrons. The van der Waals surface area contributed by atoms with E-state index in [-0.39, 0.29) is 5.91 Å². The summed E-state index contributed by atoms with van der Waals surface area (Å²) >= 11 is 1.74. The minimum Gasteiger partial charge on any atom is -0.352 e. The van der Waals surface area contributed by atoms with Crippen molar-refractivity contribution in [2.75, 3.05) is 6.54 Å². The van der Waals surface area contributed by atoms with Crippen LogP contribution in [0.5, 0.6) is 0 Å². The molecule has 1 aliphatic rings. The van der Waals surface area contributed by atoms with E-state index in [2.05, 4.69) is 17.2 Å². The molecule has 24 heavy (non-hydrogen) atoms. The van der Waals surface area contributed by atoms with Gasteiger partial charge in [0, 0.05) is 35.6 Å². The van der Waals surface area contributed by atoms with Gasteiger partial charge < -0.3 is 9.72 Å². The minimum absolute atomic E-state index is 0.0609. The summed E-state index contributed by atoms with van der Waals surface area (Å²) in [5, 5.41) is 5.09. The molecule has 0 saturated heterocycles. The lowest BCUT2D eigenvalue weighted by molar-refractivity contribution is 0.0953. The second-order valence-corrected chi connectivity index (χ2v) is 7.57. The zero-order chi connectivity index (χ0) is 16.5. The normalized spacial score (nSPS) is 17.0. The Labute approximate surface area is 145 Å². The molecule has 1 amide bonds. The SMILES string of the molecule is CC1CCc2c(C(=O)NCCc3cn4ccccc4n3)csc2C1. The molecular formula is C19H21N3OS. The number of carbonyl (C=O) groups excluding carboxylic acids is 1. The molecule has 3 aromatic rings. The van der Waals surface area contributed by atoms with Crippen LogP contribution in [-0.4, -0.2) is 21.8 Å². The number of hydrogen-bond acceptors (Lipinski definition) is 3. The summed E-state index contributed by atoms with van der Waals surface area (Å²) in [4.78, 5) is 18.5. The number of pyridine rings is 1. The Morgan fingerprint density at radius 3 is 3.25 bits per heavy atom. The molecule has 4 rings (SSSR count). The van der Waals surface area contributed by atoms with Gasteiger partial charge >= 0.3 is 0 Å². The van der Waals surface area contributed by atoms with Crippen molar-refractivity contribution in [2.45, 2.75) is 32.6 Å². The maximum atomic E-state index is 12.5. The first-order chi connectivity index (χ1) is 11.7. The van der Waals surface area contributed by atoms with E-state index in [0.717, 1.165) is 42.1 Å². The molecule has 4 nitrogen and oxygen atoms in total. The van der Waals surface area contributed by atoms with Crippen LogP contribution in [0.4, 0.5) is 0 Å². The first-order valence-electron chi connectivity index (χ1n) is 8.51. The zero-order valence-corrected chi connectivity index (χ0v) is 14.6. The van der Waals surface area contributed by atoms with E-state index in [1.165, 1.54) is 16.9 Å². The van der Waals surface area contributed by atoms with Crippen molar-refractivity contribution in [1.82, 2.24) is 14.7 Å². The number of imidazole rings is 1. The number of carbonyl (C=O) groups is 1. The van der Waals surface area contributed by atoms with Crippen LogP contribution in [0.2, 0.25) is 0 Å². The standard InChI is InChI=1S/C19H21N3OS/c1-13-5-6-15-16(12-24-17(15)10-13)19(23)20-8-7-14-11-22-9-3-2-4-18(22)21-14/h2-4,9,11-13H,5-8,10H2,1H3,(H,20,23). The predicted octanol–water partition coefficient (Wildman–Crippen LogP) is 3.49. The van der Waals surface area contributed by atoms with Gasteiger partial charge in [-0.2, -0.15) is 0 Å². The molecule has 1 atom stereocenters. The Kier molecular flexibility index (Phi) is 4.10. The van der Waals surface area contributed by atoms with Gasteiger partial charge in [0.05, 0.1) is 11.3 Å². The van der Waals surface area contributed by atoms with E-state index in [1.54, 1.807) is 11.3 Å². The lowest BCUT2D eigenvalue weighted by Gasteiger charge is -2.18. The molecule has 0 aliphatic heterocycles. The van der Waals surface area contributed by atoms with Gasteiger partial charge in [-0.1, -0.05) is 13.0 Å². The van der Waals surface area contributed by atoms with Gasteiger partial charge in [0.1, 0.15) is 5.65 Å². The van der Waals surface area contributed by atoms with Crippen molar-refractivity contribution < 1.29 is 4.79 Å². The molecular weight excluding hydrogens is 318 g/mol. The predicted molar refractivity (Wildman–Crippen MR) is 96.7 cm³/mol. The number of nitrogens with one attached hydrogen (secondary N) is 1. The Balaban J connectivity index is 1.38. The molecule has 0 spiro atoms. The summed E-state index contributed by atoms with van der Waals surface area (Å²) in [7, 11) is 0. The van der Waals surface area contributed by atoms with Crippen molar-refractivity contribution in [3.8, 4) is 0 Å². The fourth-order valence-electron chi connectivity index (χ4n) is 3.37. The monoisotopic (exact) mass is 339 g/mol. The van der Waals surface area contributed by atoms with Crippen LogP contribution in [0.15, 0.2) is 36.0 Å². The fourth-order valence-corrected chi connectivity index (χ4v) is 4.62. The van der Waals surface area contributed by atoms with Crippen LogP contribution in [0, 0.1) is 5.92 Å². The van der Waals surface area contributed by atoms with E-state index >= 15 is 0 Å². The highest BCUT2D eigenvalue weighted by molar-refractivity contribution is 7.10. The van der Waals surface area contributed by atoms with Crippen LogP contribution in [-0.2, 0) is 19.3 Å². The molecule has 1 aliphatic carbocycles. The highest BCUT2D eigenvalue weighted by atomic mass is 32.1. The molecule has 0 bridgehead atoms. The van der Waals surface area contributed by atoms with Crippen molar-refractivity contribution in [2.24, 2.45) is 5.92 Å². The number of amides is 1. The van der Waals surface area contributed by atoms with Crippen LogP contribution in [0.1, 0.15) is 39.8 Å². The third kappa shape index (κ3) is 2.96. The van der Waals surface area contributed by atoms with Crippen molar-refractivity contribution in [3.63, 3.8) is 0 Å². The maximum absolute atomic E-state index is 12.5. The summed E-state index contributed by atoms with van der Waals surface area (Å²) in [6, 6.07) is 5.95. The second-order valence-electron chi connectivity index (χ2n) is 6.60. The lowest BCUT2D eigenvalue weighted by atomic mass is 9.88. The molecule has 3 aromatic heterocycles. The summed E-state index contributed by atoms with van der Waals surface area (Å²) < 4.78 is 2.01. The Bertz CT molecular complexity index is 847. The van der Waals surface area contributed by atoms with Crippen LogP contribution in [0.25, 0.3) is 5.65 Å². The fraction of sp³-hybridized carbons (Fsp3) is 0.368. The summed E-state index contributed by atoms with van der Waals surface area (Å²) in [6.07, 6.45) is 8.10. The maximum Gasteiger partial charge on any atom is 0.252 e. The van der Waals surface area contributed by atoms with E-state index in [0.29, 0.717) is 6.54 Å². The summed E-state index contributed by atoms with van der Waals surface area (Å²) in [5.41, 5.74) is 4.11. The highest BCUT2D eigenvalue weighted by Gasteiger charge is 2.22. The van der Waals surface area contributed by atoms with Gasteiger partial charge in [0.2, 0.25) is 0 Å². The lowest BCUT2D eigenvalue weighted by Crippen LogP contribution is -2.26. The van der Waals surface area contributed by atoms with Crippen LogP contribution >= 0.6 is 11.3 Å². The zero-order valence-electron chi connectivity index (χ0n) is 13.8. The average Bonchev–Trinajstić information content (AvgIpc) is 3.17. The Morgan fingerprint density at radius 1 is 1.46 bits per heavy atom. The quantitative estimate of drug-likeness (QED) is 0.791. The molecule has 1 N–H and O–H groups in total. The second kappa shape index (κ2) is 6.40. The first-order valence-corrected chi connectivity index (χ1v) is 9.38.